The van der Waals surface area contributed by atoms with Crippen molar-refractivity contribution in [2.75, 3.05) is 0 Å². The molecule has 0 saturated carbocycles. The number of nitrogens with zero attached hydrogens (tertiary/aromatic N) is 2. The van der Waals surface area contributed by atoms with Crippen molar-refractivity contribution >= 4 is 11.7 Å². The average molecular weight is 191 g/mol. The molecule has 1 aromatic carbocycles. The Morgan fingerprint density at radius 2 is 2.14 bits per heavy atom. The van der Waals surface area contributed by atoms with Gasteiger partial charge in [0.15, 0.2) is 4.98 Å². The van der Waals surface area contributed by atoms with Gasteiger partial charge in [-0.15, -0.1) is 0 Å². The van der Waals surface area contributed by atoms with Crippen LogP contribution in [0.15, 0.2) is 24.3 Å². The van der Waals surface area contributed by atoms with Crippen LogP contribution in [-0.4, -0.2) is 11.1 Å². The van der Waals surface area contributed by atoms with Crippen molar-refractivity contribution in [3.63, 3.8) is 0 Å². The predicted molar refractivity (Wildman–Crippen MR) is 51.8 cm³/mol. The number of hydrogen-bond acceptors (Lipinski definition) is 2. The van der Waals surface area contributed by atoms with Crippen molar-refractivity contribution in [2.45, 2.75) is 19.3 Å². The normalized spacial score (nSPS) is 9.36. The molecule has 4 heteroatoms. The molecule has 1 rings (SSSR count). The first kappa shape index (κ1) is 10.2. The minimum absolute atomic E-state index is 0.139. The van der Waals surface area contributed by atoms with E-state index in [0.717, 1.165) is 5.56 Å². The highest BCUT2D eigenvalue weighted by Gasteiger charge is 2.11. The Hall–Kier alpha value is -1.89. The number of rotatable bonds is 4. The van der Waals surface area contributed by atoms with Crippen molar-refractivity contribution in [3.05, 3.63) is 34.8 Å². The van der Waals surface area contributed by atoms with E-state index in [2.05, 4.69) is 4.98 Å². The summed E-state index contributed by atoms with van der Waals surface area (Å²) in [5.74, 6) is -0.802. The molecule has 0 spiro atoms. The maximum absolute atomic E-state index is 10.3. The van der Waals surface area contributed by atoms with Gasteiger partial charge in [0.25, 0.3) is 0 Å². The molecule has 0 unspecified atom stereocenters. The number of aliphatic carboxylic acids is 1. The van der Waals surface area contributed by atoms with Crippen LogP contribution in [0.5, 0.6) is 0 Å². The first-order valence-corrected chi connectivity index (χ1v) is 4.39. The SMILES string of the molecule is N#[N+]c1ccccc1CCCC(=O)O. The lowest BCUT2D eigenvalue weighted by Gasteiger charge is -1.95. The average Bonchev–Trinajstić information content (AvgIpc) is 2.18. The van der Waals surface area contributed by atoms with Crippen LogP contribution in [0.2, 0.25) is 0 Å². The number of diazo groups is 1. The minimum atomic E-state index is -0.802. The Morgan fingerprint density at radius 3 is 2.79 bits per heavy atom. The Balaban J connectivity index is 2.59. The van der Waals surface area contributed by atoms with Gasteiger partial charge in [-0.05, 0) is 12.8 Å². The van der Waals surface area contributed by atoms with Gasteiger partial charge in [0, 0.05) is 18.1 Å². The van der Waals surface area contributed by atoms with Gasteiger partial charge in [0.05, 0.1) is 0 Å². The van der Waals surface area contributed by atoms with Gasteiger partial charge < -0.3 is 5.11 Å². The lowest BCUT2D eigenvalue weighted by molar-refractivity contribution is -0.137. The number of carbonyl (C=O) groups is 1. The molecule has 0 aliphatic carbocycles. The van der Waals surface area contributed by atoms with E-state index < -0.39 is 5.97 Å². The Bertz CT molecular complexity index is 369. The van der Waals surface area contributed by atoms with Crippen molar-refractivity contribution in [2.24, 2.45) is 0 Å². The zero-order valence-corrected chi connectivity index (χ0v) is 7.68. The summed E-state index contributed by atoms with van der Waals surface area (Å²) in [6.45, 7) is 0. The zero-order chi connectivity index (χ0) is 10.4. The fraction of sp³-hybridized carbons (Fsp3) is 0.300. The van der Waals surface area contributed by atoms with E-state index in [9.17, 15) is 4.79 Å². The molecule has 0 aromatic heterocycles. The number of carboxylic acid groups (broad SMARTS) is 1. The molecule has 14 heavy (non-hydrogen) atoms. The fourth-order valence-corrected chi connectivity index (χ4v) is 1.25. The van der Waals surface area contributed by atoms with Crippen LogP contribution in [0.25, 0.3) is 4.98 Å². The molecule has 0 aliphatic heterocycles. The van der Waals surface area contributed by atoms with E-state index in [1.165, 1.54) is 0 Å². The van der Waals surface area contributed by atoms with Gasteiger partial charge in [-0.3, -0.25) is 4.79 Å². The second-order valence-corrected chi connectivity index (χ2v) is 2.98. The molecule has 0 aliphatic rings. The molecule has 0 bridgehead atoms. The van der Waals surface area contributed by atoms with Gasteiger partial charge in [-0.2, -0.15) is 0 Å². The summed E-state index contributed by atoms with van der Waals surface area (Å²) >= 11 is 0. The second kappa shape index (κ2) is 4.97. The molecule has 0 heterocycles. The quantitative estimate of drug-likeness (QED) is 0.744. The van der Waals surface area contributed by atoms with E-state index in [1.54, 1.807) is 12.1 Å². The topological polar surface area (TPSA) is 65.5 Å². The molecule has 0 fully saturated rings. The first-order chi connectivity index (χ1) is 6.74. The Kier molecular flexibility index (Phi) is 3.62. The molecule has 1 aromatic rings. The Labute approximate surface area is 81.8 Å². The maximum atomic E-state index is 10.3. The number of benzene rings is 1. The molecule has 0 radical (unpaired) electrons. The molecule has 0 atom stereocenters. The number of hydrogen-bond donors (Lipinski definition) is 1. The van der Waals surface area contributed by atoms with Crippen LogP contribution in [0.3, 0.4) is 0 Å². The lowest BCUT2D eigenvalue weighted by atomic mass is 10.1. The van der Waals surface area contributed by atoms with Gasteiger partial charge in [-0.1, -0.05) is 18.2 Å². The molecule has 0 amide bonds. The summed E-state index contributed by atoms with van der Waals surface area (Å²) in [6.07, 6.45) is 1.31. The maximum Gasteiger partial charge on any atom is 0.388 e. The Morgan fingerprint density at radius 1 is 1.43 bits per heavy atom. The smallest absolute Gasteiger partial charge is 0.388 e. The molecule has 0 saturated heterocycles. The highest BCUT2D eigenvalue weighted by atomic mass is 16.4. The summed E-state index contributed by atoms with van der Waals surface area (Å²) in [5.41, 5.74) is 1.38. The van der Waals surface area contributed by atoms with E-state index in [1.807, 2.05) is 12.1 Å². The third kappa shape index (κ3) is 2.87. The molecule has 4 nitrogen and oxygen atoms in total. The number of carboxylic acids is 1. The zero-order valence-electron chi connectivity index (χ0n) is 7.68. The van der Waals surface area contributed by atoms with E-state index in [4.69, 9.17) is 10.5 Å². The van der Waals surface area contributed by atoms with Gasteiger partial charge in [0.2, 0.25) is 5.39 Å². The first-order valence-electron chi connectivity index (χ1n) is 4.39. The lowest BCUT2D eigenvalue weighted by Crippen LogP contribution is -1.95. The largest absolute Gasteiger partial charge is 0.481 e. The van der Waals surface area contributed by atoms with Crippen LogP contribution in [0.4, 0.5) is 5.69 Å². The number of aryl methyl sites for hydroxylation is 1. The van der Waals surface area contributed by atoms with Gasteiger partial charge in [-0.25, -0.2) is 0 Å². The molecule has 72 valence electrons. The van der Waals surface area contributed by atoms with Gasteiger partial charge >= 0.3 is 11.7 Å². The predicted octanol–water partition coefficient (Wildman–Crippen LogP) is 2.58. The third-order valence-electron chi connectivity index (χ3n) is 1.94. The van der Waals surface area contributed by atoms with Crippen molar-refractivity contribution in [1.82, 2.24) is 0 Å². The summed E-state index contributed by atoms with van der Waals surface area (Å²) in [6, 6.07) is 7.13. The van der Waals surface area contributed by atoms with Crippen molar-refractivity contribution in [3.8, 4) is 0 Å². The monoisotopic (exact) mass is 191 g/mol. The summed E-state index contributed by atoms with van der Waals surface area (Å²) in [7, 11) is 0. The van der Waals surface area contributed by atoms with Crippen LogP contribution in [0, 0.1) is 5.39 Å². The van der Waals surface area contributed by atoms with E-state index >= 15 is 0 Å². The van der Waals surface area contributed by atoms with Gasteiger partial charge in [0.1, 0.15) is 0 Å². The van der Waals surface area contributed by atoms with E-state index in [0.29, 0.717) is 18.5 Å². The minimum Gasteiger partial charge on any atom is -0.481 e. The summed E-state index contributed by atoms with van der Waals surface area (Å²) in [4.78, 5) is 13.4. The molecular formula is C10H11N2O2+. The summed E-state index contributed by atoms with van der Waals surface area (Å²) < 4.78 is 0. The second-order valence-electron chi connectivity index (χ2n) is 2.98. The van der Waals surface area contributed by atoms with Crippen molar-refractivity contribution in [1.29, 1.82) is 5.39 Å². The van der Waals surface area contributed by atoms with Crippen LogP contribution in [0.1, 0.15) is 18.4 Å². The van der Waals surface area contributed by atoms with E-state index in [-0.39, 0.29) is 6.42 Å². The fourth-order valence-electron chi connectivity index (χ4n) is 1.25. The third-order valence-corrected chi connectivity index (χ3v) is 1.94. The standard InChI is InChI=1S/C10H10N2O2/c11-12-9-6-2-1-4-8(9)5-3-7-10(13)14/h1-2,4,6H,3,5,7H2/p+1. The highest BCUT2D eigenvalue weighted by molar-refractivity contribution is 5.66. The highest BCUT2D eigenvalue weighted by Crippen LogP contribution is 2.20. The molecule has 1 N–H and O–H groups in total. The van der Waals surface area contributed by atoms with Crippen LogP contribution in [-0.2, 0) is 11.2 Å². The van der Waals surface area contributed by atoms with Crippen LogP contribution >= 0.6 is 0 Å². The van der Waals surface area contributed by atoms with Crippen molar-refractivity contribution < 1.29 is 9.90 Å². The summed E-state index contributed by atoms with van der Waals surface area (Å²) in [5, 5.41) is 17.1. The molecular weight excluding hydrogens is 180 g/mol. The van der Waals surface area contributed by atoms with Crippen LogP contribution < -0.4 is 0 Å².